The summed E-state index contributed by atoms with van der Waals surface area (Å²) in [5.41, 5.74) is 0.582. The molecule has 1 heterocycles. The van der Waals surface area contributed by atoms with E-state index in [1.807, 2.05) is 81.4 Å². The largest absolute Gasteiger partial charge is 0.444 e. The van der Waals surface area contributed by atoms with Crippen LogP contribution in [0.3, 0.4) is 0 Å². The van der Waals surface area contributed by atoms with Crippen molar-refractivity contribution in [2.45, 2.75) is 114 Å². The highest BCUT2D eigenvalue weighted by Crippen LogP contribution is 2.36. The van der Waals surface area contributed by atoms with Crippen molar-refractivity contribution in [3.63, 3.8) is 0 Å². The second-order valence-electron chi connectivity index (χ2n) is 15.2. The molecule has 50 heavy (non-hydrogen) atoms. The Bertz CT molecular complexity index is 1570. The molecule has 6 unspecified atom stereocenters. The van der Waals surface area contributed by atoms with Crippen LogP contribution in [0, 0.1) is 11.8 Å². The van der Waals surface area contributed by atoms with Gasteiger partial charge in [-0.1, -0.05) is 48.5 Å². The number of alkyl carbamates (subject to hydrolysis) is 1. The SMILES string of the molecule is COC1CCC(CC(O)C(Cc2ccccc2)NC(=O)C(CSc2cccc3cccnc23)NC(=O)OC(C)(C)C)C(C(=O)NC(C)(C)C)C1. The van der Waals surface area contributed by atoms with E-state index in [1.165, 1.54) is 11.8 Å². The molecule has 1 aliphatic rings. The number of aromatic nitrogens is 1. The van der Waals surface area contributed by atoms with Crippen molar-refractivity contribution in [2.75, 3.05) is 12.9 Å². The van der Waals surface area contributed by atoms with E-state index in [0.717, 1.165) is 27.8 Å². The van der Waals surface area contributed by atoms with Gasteiger partial charge in [-0.3, -0.25) is 14.6 Å². The van der Waals surface area contributed by atoms with E-state index in [1.54, 1.807) is 34.1 Å². The number of carbonyl (C=O) groups excluding carboxylic acids is 3. The van der Waals surface area contributed by atoms with E-state index in [2.05, 4.69) is 20.9 Å². The Morgan fingerprint density at radius 1 is 0.960 bits per heavy atom. The van der Waals surface area contributed by atoms with Gasteiger partial charge in [0.15, 0.2) is 0 Å². The molecule has 1 aliphatic carbocycles. The summed E-state index contributed by atoms with van der Waals surface area (Å²) in [6.07, 6.45) is 2.75. The molecule has 11 heteroatoms. The Labute approximate surface area is 300 Å². The average molecular weight is 707 g/mol. The van der Waals surface area contributed by atoms with Crippen LogP contribution >= 0.6 is 11.8 Å². The van der Waals surface area contributed by atoms with E-state index in [9.17, 15) is 19.5 Å². The molecule has 4 N–H and O–H groups in total. The van der Waals surface area contributed by atoms with Crippen LogP contribution in [0.2, 0.25) is 0 Å². The summed E-state index contributed by atoms with van der Waals surface area (Å²) in [6.45, 7) is 11.1. The number of nitrogens with one attached hydrogen (secondary N) is 3. The molecule has 4 rings (SSSR count). The molecule has 0 spiro atoms. The first-order valence-electron chi connectivity index (χ1n) is 17.4. The fourth-order valence-corrected chi connectivity index (χ4v) is 7.44. The molecule has 0 radical (unpaired) electrons. The van der Waals surface area contributed by atoms with E-state index in [4.69, 9.17) is 9.47 Å². The maximum atomic E-state index is 14.1. The number of thioether (sulfide) groups is 1. The Hall–Kier alpha value is -3.67. The Morgan fingerprint density at radius 3 is 2.36 bits per heavy atom. The molecule has 6 atom stereocenters. The number of hydrogen-bond acceptors (Lipinski definition) is 8. The smallest absolute Gasteiger partial charge is 0.408 e. The van der Waals surface area contributed by atoms with Gasteiger partial charge in [0.2, 0.25) is 11.8 Å². The van der Waals surface area contributed by atoms with Crippen molar-refractivity contribution in [3.8, 4) is 0 Å². The zero-order valence-corrected chi connectivity index (χ0v) is 31.2. The van der Waals surface area contributed by atoms with Gasteiger partial charge in [0.25, 0.3) is 0 Å². The molecule has 0 bridgehead atoms. The predicted octanol–water partition coefficient (Wildman–Crippen LogP) is 6.04. The van der Waals surface area contributed by atoms with E-state index >= 15 is 0 Å². The van der Waals surface area contributed by atoms with Gasteiger partial charge in [-0.15, -0.1) is 11.8 Å². The van der Waals surface area contributed by atoms with Crippen molar-refractivity contribution in [1.82, 2.24) is 20.9 Å². The number of rotatable bonds is 13. The van der Waals surface area contributed by atoms with Crippen molar-refractivity contribution >= 4 is 40.6 Å². The van der Waals surface area contributed by atoms with Crippen LogP contribution < -0.4 is 16.0 Å². The number of methoxy groups -OCH3 is 1. The second kappa shape index (κ2) is 17.5. The van der Waals surface area contributed by atoms with Crippen molar-refractivity contribution < 1.29 is 29.0 Å². The summed E-state index contributed by atoms with van der Waals surface area (Å²) >= 11 is 1.41. The third-order valence-corrected chi connectivity index (χ3v) is 9.90. The number of hydrogen-bond donors (Lipinski definition) is 4. The number of carbonyl (C=O) groups is 3. The maximum absolute atomic E-state index is 14.1. The third kappa shape index (κ3) is 12.0. The highest BCUT2D eigenvalue weighted by Gasteiger charge is 2.39. The highest BCUT2D eigenvalue weighted by molar-refractivity contribution is 7.99. The minimum Gasteiger partial charge on any atom is -0.444 e. The van der Waals surface area contributed by atoms with Crippen LogP contribution in [0.5, 0.6) is 0 Å². The van der Waals surface area contributed by atoms with Crippen LogP contribution in [-0.4, -0.2) is 76.3 Å². The standard InChI is InChI=1S/C39H54N4O6S/c1-38(2,3)43-35(45)29-23-28(48-7)19-18-27(29)22-32(44)30(21-25-13-9-8-10-14-25)41-36(46)31(42-37(47)49-39(4,5)6)24-50-33-17-11-15-26-16-12-20-40-34(26)33/h8-17,20,27-32,44H,18-19,21-24H2,1-7H3,(H,41,46)(H,42,47)(H,43,45). The van der Waals surface area contributed by atoms with E-state index < -0.39 is 41.3 Å². The Balaban J connectivity index is 1.57. The minimum atomic E-state index is -0.984. The van der Waals surface area contributed by atoms with Gasteiger partial charge in [-0.25, -0.2) is 4.79 Å². The lowest BCUT2D eigenvalue weighted by molar-refractivity contribution is -0.132. The van der Waals surface area contributed by atoms with Crippen molar-refractivity contribution in [2.24, 2.45) is 11.8 Å². The van der Waals surface area contributed by atoms with Crippen molar-refractivity contribution in [3.05, 3.63) is 72.4 Å². The molecule has 1 saturated carbocycles. The molecule has 0 aliphatic heterocycles. The lowest BCUT2D eigenvalue weighted by atomic mass is 9.73. The Morgan fingerprint density at radius 2 is 1.68 bits per heavy atom. The average Bonchev–Trinajstić information content (AvgIpc) is 3.05. The molecular weight excluding hydrogens is 653 g/mol. The zero-order chi connectivity index (χ0) is 36.5. The molecule has 0 saturated heterocycles. The fourth-order valence-electron chi connectivity index (χ4n) is 6.38. The van der Waals surface area contributed by atoms with Gasteiger partial charge in [0.05, 0.1) is 23.8 Å². The molecule has 10 nitrogen and oxygen atoms in total. The lowest BCUT2D eigenvalue weighted by Crippen LogP contribution is -2.55. The number of fused-ring (bicyclic) bond motifs is 1. The number of pyridine rings is 1. The van der Waals surface area contributed by atoms with Gasteiger partial charge >= 0.3 is 6.09 Å². The quantitative estimate of drug-likeness (QED) is 0.158. The molecule has 2 aromatic carbocycles. The van der Waals surface area contributed by atoms with Gasteiger partial charge in [0.1, 0.15) is 11.6 Å². The number of nitrogens with zero attached hydrogens (tertiary/aromatic N) is 1. The highest BCUT2D eigenvalue weighted by atomic mass is 32.2. The van der Waals surface area contributed by atoms with Crippen LogP contribution in [0.25, 0.3) is 10.9 Å². The second-order valence-corrected chi connectivity index (χ2v) is 16.3. The summed E-state index contributed by atoms with van der Waals surface area (Å²) < 4.78 is 11.2. The molecular formula is C39H54N4O6S. The van der Waals surface area contributed by atoms with Crippen LogP contribution in [-0.2, 0) is 25.5 Å². The molecule has 3 aromatic rings. The monoisotopic (exact) mass is 706 g/mol. The topological polar surface area (TPSA) is 139 Å². The summed E-state index contributed by atoms with van der Waals surface area (Å²) in [7, 11) is 1.67. The first-order valence-corrected chi connectivity index (χ1v) is 18.4. The lowest BCUT2D eigenvalue weighted by Gasteiger charge is -2.38. The number of ether oxygens (including phenoxy) is 2. The van der Waals surface area contributed by atoms with Crippen LogP contribution in [0.1, 0.15) is 72.8 Å². The number of aliphatic hydroxyl groups is 1. The van der Waals surface area contributed by atoms with Crippen LogP contribution in [0.4, 0.5) is 4.79 Å². The van der Waals surface area contributed by atoms with Crippen molar-refractivity contribution in [1.29, 1.82) is 0 Å². The van der Waals surface area contributed by atoms with Gasteiger partial charge in [-0.05, 0) is 97.3 Å². The maximum Gasteiger partial charge on any atom is 0.408 e. The number of para-hydroxylation sites is 1. The first kappa shape index (κ1) is 39.1. The molecule has 1 aromatic heterocycles. The zero-order valence-electron chi connectivity index (χ0n) is 30.4. The third-order valence-electron chi connectivity index (χ3n) is 8.76. The first-order chi connectivity index (χ1) is 23.6. The molecule has 3 amide bonds. The minimum absolute atomic E-state index is 0.0342. The number of amides is 3. The van der Waals surface area contributed by atoms with E-state index in [0.29, 0.717) is 25.7 Å². The van der Waals surface area contributed by atoms with Gasteiger partial charge < -0.3 is 30.5 Å². The summed E-state index contributed by atoms with van der Waals surface area (Å²) in [5, 5.41) is 21.8. The fraction of sp³-hybridized carbons (Fsp3) is 0.538. The summed E-state index contributed by atoms with van der Waals surface area (Å²) in [5.74, 6) is -0.754. The number of benzene rings is 2. The Kier molecular flexibility index (Phi) is 13.7. The van der Waals surface area contributed by atoms with E-state index in [-0.39, 0.29) is 29.6 Å². The molecule has 272 valence electrons. The molecule has 1 fully saturated rings. The van der Waals surface area contributed by atoms with Gasteiger partial charge in [0, 0.05) is 40.8 Å². The normalized spacial score (nSPS) is 20.0. The summed E-state index contributed by atoms with van der Waals surface area (Å²) in [4.78, 5) is 46.0. The number of aliphatic hydroxyl groups excluding tert-OH is 1. The van der Waals surface area contributed by atoms with Gasteiger partial charge in [-0.2, -0.15) is 0 Å². The predicted molar refractivity (Wildman–Crippen MR) is 198 cm³/mol. The summed E-state index contributed by atoms with van der Waals surface area (Å²) in [6, 6.07) is 17.7. The van der Waals surface area contributed by atoms with Crippen LogP contribution in [0.15, 0.2) is 71.8 Å².